The number of benzene rings is 3. The molecule has 0 unspecified atom stereocenters. The van der Waals surface area contributed by atoms with E-state index in [4.69, 9.17) is 4.74 Å². The second-order valence-corrected chi connectivity index (χ2v) is 8.04. The van der Waals surface area contributed by atoms with E-state index in [0.29, 0.717) is 17.7 Å². The number of hydrogen-bond donors (Lipinski definition) is 0. The first-order valence-corrected chi connectivity index (χ1v) is 11.0. The summed E-state index contributed by atoms with van der Waals surface area (Å²) in [4.78, 5) is 26.2. The zero-order valence-electron chi connectivity index (χ0n) is 19.0. The first-order valence-electron chi connectivity index (χ1n) is 11.0. The van der Waals surface area contributed by atoms with Gasteiger partial charge in [-0.3, -0.25) is 9.59 Å². The van der Waals surface area contributed by atoms with E-state index in [-0.39, 0.29) is 24.6 Å². The fourth-order valence-electron chi connectivity index (χ4n) is 4.35. The van der Waals surface area contributed by atoms with E-state index in [1.807, 2.05) is 78.9 Å². The van der Waals surface area contributed by atoms with Gasteiger partial charge in [0.25, 0.3) is 0 Å². The summed E-state index contributed by atoms with van der Waals surface area (Å²) in [5.41, 5.74) is 5.73. The average molecular weight is 438 g/mol. The molecule has 0 aliphatic heterocycles. The van der Waals surface area contributed by atoms with Crippen LogP contribution >= 0.6 is 0 Å². The molecule has 0 bridgehead atoms. The van der Waals surface area contributed by atoms with Crippen molar-refractivity contribution in [3.63, 3.8) is 0 Å². The fraction of sp³-hybridized carbons (Fsp3) is 0.172. The van der Waals surface area contributed by atoms with Crippen LogP contribution < -0.4 is 0 Å². The van der Waals surface area contributed by atoms with Gasteiger partial charge in [-0.15, -0.1) is 0 Å². The van der Waals surface area contributed by atoms with Crippen molar-refractivity contribution in [3.8, 4) is 11.3 Å². The molecule has 0 atom stereocenters. The summed E-state index contributed by atoms with van der Waals surface area (Å²) in [7, 11) is 1.63. The lowest BCUT2D eigenvalue weighted by Crippen LogP contribution is -2.09. The Balaban J connectivity index is 1.95. The highest BCUT2D eigenvalue weighted by molar-refractivity contribution is 6.04. The summed E-state index contributed by atoms with van der Waals surface area (Å²) in [6.07, 6.45) is 0.141. The number of carbonyl (C=O) groups excluding carboxylic acids is 2. The van der Waals surface area contributed by atoms with Gasteiger partial charge in [-0.25, -0.2) is 0 Å². The van der Waals surface area contributed by atoms with Gasteiger partial charge in [0.05, 0.1) is 18.0 Å². The predicted octanol–water partition coefficient (Wildman–Crippen LogP) is 5.98. The minimum Gasteiger partial charge on any atom is -0.378 e. The van der Waals surface area contributed by atoms with Crippen LogP contribution in [0.1, 0.15) is 44.5 Å². The molecule has 166 valence electrons. The Hall–Kier alpha value is -3.76. The van der Waals surface area contributed by atoms with Gasteiger partial charge < -0.3 is 9.30 Å². The number of nitrogens with zero attached hydrogens (tertiary/aromatic N) is 1. The van der Waals surface area contributed by atoms with Crippen LogP contribution in [0, 0.1) is 0 Å². The topological polar surface area (TPSA) is 48.3 Å². The summed E-state index contributed by atoms with van der Waals surface area (Å²) in [5.74, 6) is -0.0852. The molecule has 0 spiro atoms. The van der Waals surface area contributed by atoms with Crippen molar-refractivity contribution in [2.45, 2.75) is 26.5 Å². The molecule has 0 N–H and O–H groups in total. The van der Waals surface area contributed by atoms with Gasteiger partial charge in [0.15, 0.2) is 11.6 Å². The lowest BCUT2D eigenvalue weighted by atomic mass is 9.95. The number of aromatic nitrogens is 1. The number of carbonyl (C=O) groups is 2. The molecule has 0 aliphatic carbocycles. The molecule has 0 radical (unpaired) electrons. The average Bonchev–Trinajstić information content (AvgIpc) is 3.13. The summed E-state index contributed by atoms with van der Waals surface area (Å²) in [6, 6.07) is 29.3. The number of ether oxygens (including phenoxy) is 1. The van der Waals surface area contributed by atoms with Gasteiger partial charge in [-0.05, 0) is 23.6 Å². The molecule has 0 amide bonds. The molecular formula is C29H27NO3. The molecule has 0 saturated heterocycles. The van der Waals surface area contributed by atoms with E-state index in [1.165, 1.54) is 0 Å². The van der Waals surface area contributed by atoms with Crippen LogP contribution in [0.15, 0.2) is 91.0 Å². The number of methoxy groups -OCH3 is 1. The van der Waals surface area contributed by atoms with E-state index in [2.05, 4.69) is 16.7 Å². The maximum atomic E-state index is 13.3. The minimum atomic E-state index is -0.0677. The molecule has 4 aromatic rings. The van der Waals surface area contributed by atoms with Crippen LogP contribution in [0.4, 0.5) is 0 Å². The van der Waals surface area contributed by atoms with Crippen LogP contribution in [0.5, 0.6) is 0 Å². The molecule has 4 nitrogen and oxygen atoms in total. The van der Waals surface area contributed by atoms with E-state index in [9.17, 15) is 9.59 Å². The van der Waals surface area contributed by atoms with E-state index in [0.717, 1.165) is 28.1 Å². The summed E-state index contributed by atoms with van der Waals surface area (Å²) in [6.45, 7) is 2.41. The first-order chi connectivity index (χ1) is 16.1. The van der Waals surface area contributed by atoms with Crippen molar-refractivity contribution in [2.24, 2.45) is 0 Å². The predicted molar refractivity (Wildman–Crippen MR) is 131 cm³/mol. The van der Waals surface area contributed by atoms with Crippen molar-refractivity contribution < 1.29 is 14.3 Å². The van der Waals surface area contributed by atoms with E-state index < -0.39 is 0 Å². The Morgan fingerprint density at radius 3 is 1.97 bits per heavy atom. The number of hydrogen-bond acceptors (Lipinski definition) is 3. The lowest BCUT2D eigenvalue weighted by Gasteiger charge is -2.15. The quantitative estimate of drug-likeness (QED) is 0.303. The zero-order valence-corrected chi connectivity index (χ0v) is 19.0. The second-order valence-electron chi connectivity index (χ2n) is 8.04. The Morgan fingerprint density at radius 2 is 1.39 bits per heavy atom. The van der Waals surface area contributed by atoms with Crippen LogP contribution in [0.2, 0.25) is 0 Å². The summed E-state index contributed by atoms with van der Waals surface area (Å²) >= 11 is 0. The minimum absolute atomic E-state index is 0.0175. The van der Waals surface area contributed by atoms with E-state index in [1.54, 1.807) is 14.0 Å². The lowest BCUT2D eigenvalue weighted by molar-refractivity contribution is 0.0992. The van der Waals surface area contributed by atoms with Crippen molar-refractivity contribution in [1.29, 1.82) is 0 Å². The third-order valence-electron chi connectivity index (χ3n) is 5.77. The first kappa shape index (κ1) is 22.4. The maximum Gasteiger partial charge on any atom is 0.167 e. The Labute approximate surface area is 194 Å². The van der Waals surface area contributed by atoms with Crippen molar-refractivity contribution in [1.82, 2.24) is 4.57 Å². The normalized spacial score (nSPS) is 10.8. The van der Waals surface area contributed by atoms with Crippen LogP contribution in [-0.2, 0) is 24.3 Å². The van der Waals surface area contributed by atoms with Crippen molar-refractivity contribution in [3.05, 3.63) is 119 Å². The molecule has 4 heteroatoms. The van der Waals surface area contributed by atoms with Crippen LogP contribution in [-0.4, -0.2) is 23.2 Å². The molecule has 0 saturated carbocycles. The standard InChI is InChI=1S/C29H27NO3/c1-21(31)28-25(18-27(32)23-14-8-4-9-15-23)29(24-16-10-5-11-17-24)30(26(28)20-33-2)19-22-12-6-3-7-13-22/h3-17H,18-20H2,1-2H3. The van der Waals surface area contributed by atoms with Gasteiger partial charge >= 0.3 is 0 Å². The largest absolute Gasteiger partial charge is 0.378 e. The highest BCUT2D eigenvalue weighted by atomic mass is 16.5. The number of rotatable bonds is 9. The molecular weight excluding hydrogens is 410 g/mol. The fourth-order valence-corrected chi connectivity index (χ4v) is 4.35. The second kappa shape index (κ2) is 10.2. The molecule has 1 heterocycles. The Bertz CT molecular complexity index is 1240. The smallest absolute Gasteiger partial charge is 0.167 e. The van der Waals surface area contributed by atoms with Gasteiger partial charge in [0.1, 0.15) is 0 Å². The van der Waals surface area contributed by atoms with Crippen LogP contribution in [0.3, 0.4) is 0 Å². The number of ketones is 2. The molecule has 1 aromatic heterocycles. The molecule has 33 heavy (non-hydrogen) atoms. The van der Waals surface area contributed by atoms with E-state index >= 15 is 0 Å². The Morgan fingerprint density at radius 1 is 0.818 bits per heavy atom. The van der Waals surface area contributed by atoms with Gasteiger partial charge in [0.2, 0.25) is 0 Å². The highest BCUT2D eigenvalue weighted by Gasteiger charge is 2.27. The van der Waals surface area contributed by atoms with Gasteiger partial charge in [-0.2, -0.15) is 0 Å². The summed E-state index contributed by atoms with van der Waals surface area (Å²) in [5, 5.41) is 0. The van der Waals surface area contributed by atoms with Gasteiger partial charge in [0, 0.05) is 31.2 Å². The number of Topliss-reactive ketones (excluding diaryl/α,β-unsaturated/α-hetero) is 2. The van der Waals surface area contributed by atoms with Gasteiger partial charge in [-0.1, -0.05) is 91.0 Å². The van der Waals surface area contributed by atoms with Crippen LogP contribution in [0.25, 0.3) is 11.3 Å². The third kappa shape index (κ3) is 4.86. The SMILES string of the molecule is COCc1c(C(C)=O)c(CC(=O)c2ccccc2)c(-c2ccccc2)n1Cc1ccccc1. The molecule has 3 aromatic carbocycles. The van der Waals surface area contributed by atoms with Crippen molar-refractivity contribution >= 4 is 11.6 Å². The maximum absolute atomic E-state index is 13.3. The highest BCUT2D eigenvalue weighted by Crippen LogP contribution is 2.35. The third-order valence-corrected chi connectivity index (χ3v) is 5.77. The summed E-state index contributed by atoms with van der Waals surface area (Å²) < 4.78 is 7.67. The zero-order chi connectivity index (χ0) is 23.2. The molecule has 0 aliphatic rings. The molecule has 0 fully saturated rings. The Kier molecular flexibility index (Phi) is 6.96. The van der Waals surface area contributed by atoms with Crippen molar-refractivity contribution in [2.75, 3.05) is 7.11 Å². The monoisotopic (exact) mass is 437 g/mol. The molecule has 4 rings (SSSR count).